The number of hydrogen-bond acceptors (Lipinski definition) is 4. The fraction of sp³-hybridized carbons (Fsp3) is 0.556. The number of carboxylic acids is 2. The van der Waals surface area contributed by atoms with Crippen molar-refractivity contribution in [2.24, 2.45) is 17.1 Å². The molecule has 142 valence electrons. The summed E-state index contributed by atoms with van der Waals surface area (Å²) in [5, 5.41) is 25.1. The van der Waals surface area contributed by atoms with E-state index in [4.69, 9.17) is 25.5 Å². The molecule has 1 aromatic rings. The van der Waals surface area contributed by atoms with Crippen molar-refractivity contribution in [1.29, 1.82) is 0 Å². The van der Waals surface area contributed by atoms with Crippen LogP contribution in [0.4, 0.5) is 4.39 Å². The van der Waals surface area contributed by atoms with Crippen molar-refractivity contribution >= 4 is 11.9 Å². The molecule has 0 fully saturated rings. The number of carboxylic acid groups (broad SMARTS) is 2. The largest absolute Gasteiger partial charge is 0.473 e. The molecule has 0 spiro atoms. The Morgan fingerprint density at radius 2 is 1.56 bits per heavy atom. The van der Waals surface area contributed by atoms with Crippen LogP contribution in [0.5, 0.6) is 0 Å². The van der Waals surface area contributed by atoms with Gasteiger partial charge in [0, 0.05) is 6.04 Å². The number of halogens is 1. The number of hydrogen-bond donors (Lipinski definition) is 4. The van der Waals surface area contributed by atoms with Crippen LogP contribution in [0.1, 0.15) is 39.7 Å². The molecule has 2 atom stereocenters. The van der Waals surface area contributed by atoms with Gasteiger partial charge in [-0.1, -0.05) is 39.8 Å². The molecule has 0 aromatic heterocycles. The van der Waals surface area contributed by atoms with Gasteiger partial charge in [0.2, 0.25) is 0 Å². The van der Waals surface area contributed by atoms with Gasteiger partial charge in [-0.2, -0.15) is 0 Å². The van der Waals surface area contributed by atoms with E-state index in [0.717, 1.165) is 5.56 Å². The summed E-state index contributed by atoms with van der Waals surface area (Å²) in [7, 11) is 0. The van der Waals surface area contributed by atoms with E-state index >= 15 is 0 Å². The van der Waals surface area contributed by atoms with Gasteiger partial charge < -0.3 is 21.1 Å². The monoisotopic (exact) mass is 357 g/mol. The number of carbonyl (C=O) groups is 2. The van der Waals surface area contributed by atoms with E-state index in [-0.39, 0.29) is 17.3 Å². The molecule has 0 radical (unpaired) electrons. The molecular formula is C18H28FNO5. The highest BCUT2D eigenvalue weighted by molar-refractivity contribution is 6.27. The fourth-order valence-electron chi connectivity index (χ4n) is 2.10. The topological polar surface area (TPSA) is 121 Å². The molecule has 0 aliphatic heterocycles. The molecule has 0 aliphatic rings. The maximum Gasteiger partial charge on any atom is 0.414 e. The summed E-state index contributed by atoms with van der Waals surface area (Å²) in [6, 6.07) is 6.45. The first kappa shape index (κ1) is 23.0. The Bertz CT molecular complexity index is 545. The van der Waals surface area contributed by atoms with Gasteiger partial charge in [-0.05, 0) is 41.9 Å². The quantitative estimate of drug-likeness (QED) is 0.580. The second-order valence-electron chi connectivity index (χ2n) is 7.06. The van der Waals surface area contributed by atoms with Gasteiger partial charge in [0.15, 0.2) is 0 Å². The van der Waals surface area contributed by atoms with Gasteiger partial charge in [0.1, 0.15) is 5.82 Å². The molecule has 2 unspecified atom stereocenters. The van der Waals surface area contributed by atoms with E-state index < -0.39 is 18.0 Å². The Hall–Kier alpha value is -1.99. The highest BCUT2D eigenvalue weighted by Crippen LogP contribution is 2.29. The molecule has 5 N–H and O–H groups in total. The van der Waals surface area contributed by atoms with Gasteiger partial charge in [-0.15, -0.1) is 0 Å². The van der Waals surface area contributed by atoms with Gasteiger partial charge in [0.05, 0.1) is 6.10 Å². The lowest BCUT2D eigenvalue weighted by Gasteiger charge is -2.33. The van der Waals surface area contributed by atoms with Crippen LogP contribution in [0, 0.1) is 17.2 Å². The van der Waals surface area contributed by atoms with Crippen LogP contribution in [0.3, 0.4) is 0 Å². The van der Waals surface area contributed by atoms with Crippen LogP contribution in [0.25, 0.3) is 0 Å². The van der Waals surface area contributed by atoms with E-state index in [0.29, 0.717) is 18.8 Å². The summed E-state index contributed by atoms with van der Waals surface area (Å²) >= 11 is 0. The van der Waals surface area contributed by atoms with E-state index in [9.17, 15) is 9.50 Å². The van der Waals surface area contributed by atoms with Crippen LogP contribution in [0.15, 0.2) is 24.3 Å². The second kappa shape index (κ2) is 10.1. The summed E-state index contributed by atoms with van der Waals surface area (Å²) in [6.45, 7) is 8.16. The summed E-state index contributed by atoms with van der Waals surface area (Å²) in [5.41, 5.74) is 6.78. The first-order chi connectivity index (χ1) is 11.4. The van der Waals surface area contributed by atoms with Crippen molar-refractivity contribution in [2.45, 2.75) is 52.7 Å². The molecule has 25 heavy (non-hydrogen) atoms. The van der Waals surface area contributed by atoms with Gasteiger partial charge in [-0.3, -0.25) is 0 Å². The number of aliphatic hydroxyl groups is 1. The van der Waals surface area contributed by atoms with Crippen LogP contribution in [0.2, 0.25) is 0 Å². The Labute approximate surface area is 147 Å². The zero-order chi connectivity index (χ0) is 19.8. The smallest absolute Gasteiger partial charge is 0.414 e. The molecule has 1 rings (SSSR count). The number of benzene rings is 1. The van der Waals surface area contributed by atoms with Gasteiger partial charge in [0.25, 0.3) is 0 Å². The van der Waals surface area contributed by atoms with Gasteiger partial charge in [-0.25, -0.2) is 14.0 Å². The standard InChI is InChI=1S/C16H26FNO.C2H2O4/c1-11(2)14(18)9-15(19)16(3,4)10-12-5-7-13(17)8-6-12;3-1(4)2(5)6/h5-8,11,14-15,19H,9-10,18H2,1-4H3;(H,3,4)(H,5,6). The molecule has 0 aliphatic carbocycles. The average molecular weight is 357 g/mol. The van der Waals surface area contributed by atoms with Crippen molar-refractivity contribution in [3.05, 3.63) is 35.6 Å². The summed E-state index contributed by atoms with van der Waals surface area (Å²) < 4.78 is 12.9. The number of rotatable bonds is 6. The third-order valence-electron chi connectivity index (χ3n) is 4.01. The first-order valence-electron chi connectivity index (χ1n) is 8.01. The zero-order valence-electron chi connectivity index (χ0n) is 15.1. The van der Waals surface area contributed by atoms with E-state index in [2.05, 4.69) is 13.8 Å². The maximum absolute atomic E-state index is 12.9. The van der Waals surface area contributed by atoms with E-state index in [1.165, 1.54) is 12.1 Å². The van der Waals surface area contributed by atoms with Crippen molar-refractivity contribution in [1.82, 2.24) is 0 Å². The van der Waals surface area contributed by atoms with Crippen LogP contribution in [-0.2, 0) is 16.0 Å². The van der Waals surface area contributed by atoms with Crippen molar-refractivity contribution in [3.8, 4) is 0 Å². The number of nitrogens with two attached hydrogens (primary N) is 1. The molecule has 0 saturated heterocycles. The fourth-order valence-corrected chi connectivity index (χ4v) is 2.10. The Morgan fingerprint density at radius 1 is 1.12 bits per heavy atom. The lowest BCUT2D eigenvalue weighted by Crippen LogP contribution is -2.39. The molecule has 1 aromatic carbocycles. The molecule has 0 heterocycles. The maximum atomic E-state index is 12.9. The molecular weight excluding hydrogens is 329 g/mol. The normalized spacial score (nSPS) is 13.6. The van der Waals surface area contributed by atoms with Crippen LogP contribution in [-0.4, -0.2) is 39.4 Å². The minimum Gasteiger partial charge on any atom is -0.473 e. The lowest BCUT2D eigenvalue weighted by molar-refractivity contribution is -0.159. The Kier molecular flexibility index (Phi) is 9.30. The highest BCUT2D eigenvalue weighted by atomic mass is 19.1. The Balaban J connectivity index is 0.000000823. The van der Waals surface area contributed by atoms with E-state index in [1.54, 1.807) is 12.1 Å². The van der Waals surface area contributed by atoms with Crippen LogP contribution < -0.4 is 5.73 Å². The second-order valence-corrected chi connectivity index (χ2v) is 7.06. The highest BCUT2D eigenvalue weighted by Gasteiger charge is 2.30. The minimum atomic E-state index is -1.82. The van der Waals surface area contributed by atoms with Crippen molar-refractivity contribution in [3.63, 3.8) is 0 Å². The molecule has 0 amide bonds. The average Bonchev–Trinajstić information content (AvgIpc) is 2.49. The summed E-state index contributed by atoms with van der Waals surface area (Å²) in [5.74, 6) is -3.52. The van der Waals surface area contributed by atoms with Crippen LogP contribution >= 0.6 is 0 Å². The van der Waals surface area contributed by atoms with Crippen molar-refractivity contribution < 1.29 is 29.3 Å². The first-order valence-corrected chi connectivity index (χ1v) is 8.01. The lowest BCUT2D eigenvalue weighted by atomic mass is 9.77. The molecule has 7 heteroatoms. The SMILES string of the molecule is CC(C)C(N)CC(O)C(C)(C)Cc1ccc(F)cc1.O=C(O)C(=O)O. The summed E-state index contributed by atoms with van der Waals surface area (Å²) in [4.78, 5) is 18.2. The van der Waals surface area contributed by atoms with E-state index in [1.807, 2.05) is 13.8 Å². The minimum absolute atomic E-state index is 0.00231. The Morgan fingerprint density at radius 3 is 1.92 bits per heavy atom. The van der Waals surface area contributed by atoms with Crippen molar-refractivity contribution in [2.75, 3.05) is 0 Å². The molecule has 0 saturated carbocycles. The predicted molar refractivity (Wildman–Crippen MR) is 92.6 cm³/mol. The third-order valence-corrected chi connectivity index (χ3v) is 4.01. The third kappa shape index (κ3) is 9.16. The predicted octanol–water partition coefficient (Wildman–Crippen LogP) is 2.28. The number of aliphatic carboxylic acids is 2. The van der Waals surface area contributed by atoms with Gasteiger partial charge >= 0.3 is 11.9 Å². The molecule has 6 nitrogen and oxygen atoms in total. The number of aliphatic hydroxyl groups excluding tert-OH is 1. The molecule has 0 bridgehead atoms. The zero-order valence-corrected chi connectivity index (χ0v) is 15.1. The summed E-state index contributed by atoms with van der Waals surface area (Å²) in [6.07, 6.45) is 0.834.